The fourth-order valence-electron chi connectivity index (χ4n) is 7.21. The average molecular weight is 761 g/mol. The van der Waals surface area contributed by atoms with Gasteiger partial charge in [-0.05, 0) is 51.6 Å². The van der Waals surface area contributed by atoms with Crippen molar-refractivity contribution >= 4 is 22.4 Å². The molecule has 6 nitrogen and oxygen atoms in total. The fraction of sp³-hybridized carbons (Fsp3) is 0.0377. The molecule has 9 rings (SSSR count). The Hall–Kier alpha value is -7.83. The summed E-state index contributed by atoms with van der Waals surface area (Å²) < 4.78 is 0. The van der Waals surface area contributed by atoms with Crippen LogP contribution in [0.1, 0.15) is 29.7 Å². The van der Waals surface area contributed by atoms with E-state index in [1.165, 1.54) is 10.8 Å². The Kier molecular flexibility index (Phi) is 10.4. The van der Waals surface area contributed by atoms with Gasteiger partial charge < -0.3 is 5.73 Å². The molecule has 1 aromatic heterocycles. The predicted molar refractivity (Wildman–Crippen MR) is 243 cm³/mol. The predicted octanol–water partition coefficient (Wildman–Crippen LogP) is 12.3. The van der Waals surface area contributed by atoms with Gasteiger partial charge in [-0.1, -0.05) is 200 Å². The first-order chi connectivity index (χ1) is 29.1. The van der Waals surface area contributed by atoms with Crippen LogP contribution in [0.2, 0.25) is 0 Å². The Bertz CT molecular complexity index is 2850. The van der Waals surface area contributed by atoms with Crippen LogP contribution in [0.25, 0.3) is 67.2 Å². The summed E-state index contributed by atoms with van der Waals surface area (Å²) in [6, 6.07) is 70.0. The molecule has 0 aliphatic rings. The molecule has 0 aliphatic heterocycles. The van der Waals surface area contributed by atoms with Gasteiger partial charge in [-0.15, -0.1) is 0 Å². The highest BCUT2D eigenvalue weighted by Crippen LogP contribution is 2.34. The third kappa shape index (κ3) is 8.20. The number of aromatic nitrogens is 3. The smallest absolute Gasteiger partial charge is 0.164 e. The van der Waals surface area contributed by atoms with Crippen LogP contribution in [0, 0.1) is 0 Å². The Morgan fingerprint density at radius 1 is 0.441 bits per heavy atom. The number of fused-ring (bicyclic) bond motifs is 1. The second-order valence-corrected chi connectivity index (χ2v) is 14.3. The zero-order valence-corrected chi connectivity index (χ0v) is 32.5. The molecule has 0 saturated carbocycles. The van der Waals surface area contributed by atoms with Crippen molar-refractivity contribution in [1.82, 2.24) is 15.0 Å². The van der Waals surface area contributed by atoms with Crippen LogP contribution in [-0.2, 0) is 0 Å². The lowest BCUT2D eigenvalue weighted by atomic mass is 9.94. The Morgan fingerprint density at radius 2 is 0.915 bits per heavy atom. The largest absolute Gasteiger partial charge is 0.383 e. The molecule has 9 aromatic rings. The molecule has 0 bridgehead atoms. The molecule has 0 fully saturated rings. The lowest BCUT2D eigenvalue weighted by molar-refractivity contribution is 0.818. The molecule has 282 valence electrons. The van der Waals surface area contributed by atoms with E-state index >= 15 is 0 Å². The maximum Gasteiger partial charge on any atom is 0.164 e. The van der Waals surface area contributed by atoms with Gasteiger partial charge >= 0.3 is 0 Å². The molecule has 2 N–H and O–H groups in total. The zero-order chi connectivity index (χ0) is 40.0. The van der Waals surface area contributed by atoms with Gasteiger partial charge in [0, 0.05) is 27.8 Å². The average Bonchev–Trinajstić information content (AvgIpc) is 3.32. The normalized spacial score (nSPS) is 12.4. The molecular weight excluding hydrogens is 721 g/mol. The van der Waals surface area contributed by atoms with Crippen molar-refractivity contribution in [3.63, 3.8) is 0 Å². The first-order valence-electron chi connectivity index (χ1n) is 19.7. The van der Waals surface area contributed by atoms with Crippen molar-refractivity contribution in [2.24, 2.45) is 15.7 Å². The van der Waals surface area contributed by atoms with Crippen LogP contribution in [0.15, 0.2) is 216 Å². The zero-order valence-electron chi connectivity index (χ0n) is 32.5. The van der Waals surface area contributed by atoms with Crippen molar-refractivity contribution in [3.05, 3.63) is 223 Å². The molecule has 0 spiro atoms. The molecule has 59 heavy (non-hydrogen) atoms. The highest BCUT2D eigenvalue weighted by molar-refractivity contribution is 6.11. The van der Waals surface area contributed by atoms with E-state index < -0.39 is 0 Å². The third-order valence-corrected chi connectivity index (χ3v) is 10.4. The van der Waals surface area contributed by atoms with Gasteiger partial charge in [0.05, 0.1) is 6.04 Å². The van der Waals surface area contributed by atoms with Crippen LogP contribution < -0.4 is 5.73 Å². The lowest BCUT2D eigenvalue weighted by Crippen LogP contribution is -2.16. The minimum atomic E-state index is -0.140. The van der Waals surface area contributed by atoms with Crippen LogP contribution >= 0.6 is 0 Å². The van der Waals surface area contributed by atoms with Crippen molar-refractivity contribution in [3.8, 4) is 56.4 Å². The van der Waals surface area contributed by atoms with Crippen molar-refractivity contribution < 1.29 is 0 Å². The first-order valence-corrected chi connectivity index (χ1v) is 19.7. The van der Waals surface area contributed by atoms with Gasteiger partial charge in [0.1, 0.15) is 5.84 Å². The maximum absolute atomic E-state index is 6.45. The lowest BCUT2D eigenvalue weighted by Gasteiger charge is -2.13. The summed E-state index contributed by atoms with van der Waals surface area (Å²) >= 11 is 0. The molecule has 1 heterocycles. The molecule has 1 unspecified atom stereocenters. The number of benzene rings is 8. The Labute approximate surface area is 344 Å². The van der Waals surface area contributed by atoms with Gasteiger partial charge in [0.25, 0.3) is 0 Å². The van der Waals surface area contributed by atoms with E-state index in [-0.39, 0.29) is 6.04 Å². The van der Waals surface area contributed by atoms with E-state index in [0.29, 0.717) is 29.1 Å². The molecule has 1 atom stereocenters. The second kappa shape index (κ2) is 16.7. The molecule has 0 saturated heterocycles. The van der Waals surface area contributed by atoms with Crippen LogP contribution in [0.5, 0.6) is 0 Å². The number of nitrogens with zero attached hydrogens (tertiary/aromatic N) is 5. The summed E-state index contributed by atoms with van der Waals surface area (Å²) in [5.74, 6) is 2.96. The van der Waals surface area contributed by atoms with E-state index in [1.807, 2.05) is 121 Å². The summed E-state index contributed by atoms with van der Waals surface area (Å²) in [6.45, 7) is 2.09. The van der Waals surface area contributed by atoms with Gasteiger partial charge in [-0.2, -0.15) is 0 Å². The monoisotopic (exact) mass is 760 g/mol. The molecule has 0 amide bonds. The quantitative estimate of drug-likeness (QED) is 0.117. The number of amidine groups is 2. The fourth-order valence-corrected chi connectivity index (χ4v) is 7.21. The maximum atomic E-state index is 6.45. The Morgan fingerprint density at radius 3 is 1.49 bits per heavy atom. The minimum absolute atomic E-state index is 0.140. The van der Waals surface area contributed by atoms with Gasteiger partial charge in [-0.3, -0.25) is 4.99 Å². The van der Waals surface area contributed by atoms with Crippen molar-refractivity contribution in [2.45, 2.75) is 13.0 Å². The summed E-state index contributed by atoms with van der Waals surface area (Å²) in [5, 5.41) is 2.36. The van der Waals surface area contributed by atoms with Gasteiger partial charge in [0.2, 0.25) is 0 Å². The van der Waals surface area contributed by atoms with Crippen LogP contribution in [0.3, 0.4) is 0 Å². The van der Waals surface area contributed by atoms with Crippen LogP contribution in [0.4, 0.5) is 0 Å². The molecule has 0 radical (unpaired) electrons. The summed E-state index contributed by atoms with van der Waals surface area (Å²) in [6.07, 6.45) is 0. The molecule has 0 aliphatic carbocycles. The summed E-state index contributed by atoms with van der Waals surface area (Å²) in [7, 11) is 0. The van der Waals surface area contributed by atoms with Gasteiger partial charge in [-0.25, -0.2) is 19.9 Å². The number of hydrogen-bond donors (Lipinski definition) is 1. The highest BCUT2D eigenvalue weighted by Gasteiger charge is 2.14. The number of aliphatic imine (C=N–C) groups is 2. The standard InChI is InChI=1S/C53H40N6/c1-36(55-50(41-17-8-3-9-18-41)56-49(54)40-15-6-2-7-16-40)37-25-27-38(28-26-37)45-33-34-48-46(35-45)23-14-24-47(48)39-29-31-44(32-30-39)53-58-51(42-19-10-4-11-20-42)57-52(59-53)43-21-12-5-13-22-43/h2-36H,1H3,(H2,54,55,56). The SMILES string of the molecule is CC(/N=C(\N=C(/N)c1ccccc1)c1ccccc1)c1ccc(-c2ccc3c(-c4ccc(-c5nc(-c6ccccc6)nc(-c6ccccc6)n5)cc4)cccc3c2)cc1. The number of rotatable bonds is 9. The summed E-state index contributed by atoms with van der Waals surface area (Å²) in [5.41, 5.74) is 16.7. The van der Waals surface area contributed by atoms with Crippen molar-refractivity contribution in [1.29, 1.82) is 0 Å². The first kappa shape index (κ1) is 36.8. The Balaban J connectivity index is 0.974. The summed E-state index contributed by atoms with van der Waals surface area (Å²) in [4.78, 5) is 24.5. The van der Waals surface area contributed by atoms with Crippen LogP contribution in [-0.4, -0.2) is 26.6 Å². The van der Waals surface area contributed by atoms with E-state index in [9.17, 15) is 0 Å². The third-order valence-electron chi connectivity index (χ3n) is 10.4. The second-order valence-electron chi connectivity index (χ2n) is 14.3. The van der Waals surface area contributed by atoms with E-state index in [2.05, 4.69) is 91.9 Å². The number of nitrogens with two attached hydrogens (primary N) is 1. The topological polar surface area (TPSA) is 89.4 Å². The van der Waals surface area contributed by atoms with Crippen molar-refractivity contribution in [2.75, 3.05) is 0 Å². The minimum Gasteiger partial charge on any atom is -0.383 e. The molecule has 8 aromatic carbocycles. The van der Waals surface area contributed by atoms with E-state index in [4.69, 9.17) is 30.7 Å². The number of hydrogen-bond acceptors (Lipinski definition) is 4. The van der Waals surface area contributed by atoms with E-state index in [1.54, 1.807) is 0 Å². The molecule has 6 heteroatoms. The van der Waals surface area contributed by atoms with Gasteiger partial charge in [0.15, 0.2) is 23.3 Å². The highest BCUT2D eigenvalue weighted by atomic mass is 15.0. The molecular formula is C53H40N6. The van der Waals surface area contributed by atoms with E-state index in [0.717, 1.165) is 55.6 Å².